The Morgan fingerprint density at radius 1 is 1.21 bits per heavy atom. The molecule has 0 amide bonds. The highest BCUT2D eigenvalue weighted by Gasteiger charge is 2.38. The third-order valence-electron chi connectivity index (χ3n) is 5.74. The Hall–Kier alpha value is -0.0800. The molecule has 0 aromatic heterocycles. The van der Waals surface area contributed by atoms with E-state index in [1.807, 2.05) is 0 Å². The van der Waals surface area contributed by atoms with Crippen LogP contribution in [0.1, 0.15) is 72.6 Å². The van der Waals surface area contributed by atoms with E-state index in [-0.39, 0.29) is 0 Å². The van der Waals surface area contributed by atoms with Gasteiger partial charge in [-0.3, -0.25) is 4.90 Å². The van der Waals surface area contributed by atoms with Crippen molar-refractivity contribution in [2.75, 3.05) is 13.1 Å². The SMILES string of the molecule is CCC(C1CCCCC1)N1CC(C)(CC)NCC1C. The average Bonchev–Trinajstić information content (AvgIpc) is 2.45. The molecule has 2 heteroatoms. The summed E-state index contributed by atoms with van der Waals surface area (Å²) >= 11 is 0. The standard InChI is InChI=1S/C17H34N2/c1-5-16(15-10-8-7-9-11-15)19-13-17(4,6-2)18-12-14(19)3/h14-16,18H,5-13H2,1-4H3. The van der Waals surface area contributed by atoms with E-state index in [1.54, 1.807) is 0 Å². The van der Waals surface area contributed by atoms with Gasteiger partial charge in [-0.05, 0) is 45.4 Å². The molecule has 1 aliphatic heterocycles. The van der Waals surface area contributed by atoms with Crippen LogP contribution in [0.5, 0.6) is 0 Å². The fourth-order valence-corrected chi connectivity index (χ4v) is 4.16. The van der Waals surface area contributed by atoms with Gasteiger partial charge in [0.2, 0.25) is 0 Å². The van der Waals surface area contributed by atoms with Crippen LogP contribution in [0.25, 0.3) is 0 Å². The van der Waals surface area contributed by atoms with Crippen LogP contribution >= 0.6 is 0 Å². The smallest absolute Gasteiger partial charge is 0.0278 e. The van der Waals surface area contributed by atoms with Gasteiger partial charge in [0.25, 0.3) is 0 Å². The van der Waals surface area contributed by atoms with Crippen molar-refractivity contribution in [3.05, 3.63) is 0 Å². The second-order valence-electron chi connectivity index (χ2n) is 7.19. The lowest BCUT2D eigenvalue weighted by atomic mass is 9.80. The van der Waals surface area contributed by atoms with Gasteiger partial charge in [-0.25, -0.2) is 0 Å². The van der Waals surface area contributed by atoms with Gasteiger partial charge >= 0.3 is 0 Å². The summed E-state index contributed by atoms with van der Waals surface area (Å²) in [7, 11) is 0. The number of nitrogens with one attached hydrogen (secondary N) is 1. The molecule has 3 unspecified atom stereocenters. The molecule has 19 heavy (non-hydrogen) atoms. The first-order chi connectivity index (χ1) is 9.09. The second kappa shape index (κ2) is 6.58. The van der Waals surface area contributed by atoms with E-state index in [4.69, 9.17) is 0 Å². The maximum absolute atomic E-state index is 3.77. The topological polar surface area (TPSA) is 15.3 Å². The molecule has 1 saturated carbocycles. The predicted octanol–water partition coefficient (Wildman–Crippen LogP) is 3.81. The number of hydrogen-bond acceptors (Lipinski definition) is 2. The highest BCUT2D eigenvalue weighted by molar-refractivity contribution is 4.96. The fourth-order valence-electron chi connectivity index (χ4n) is 4.16. The molecular formula is C17H34N2. The van der Waals surface area contributed by atoms with Crippen molar-refractivity contribution in [3.63, 3.8) is 0 Å². The fraction of sp³-hybridized carbons (Fsp3) is 1.00. The molecule has 1 N–H and O–H groups in total. The van der Waals surface area contributed by atoms with E-state index in [2.05, 4.69) is 37.9 Å². The average molecular weight is 266 g/mol. The van der Waals surface area contributed by atoms with Gasteiger partial charge in [-0.1, -0.05) is 33.1 Å². The van der Waals surface area contributed by atoms with E-state index in [0.717, 1.165) is 18.5 Å². The lowest BCUT2D eigenvalue weighted by Gasteiger charge is -2.50. The van der Waals surface area contributed by atoms with Crippen LogP contribution in [0.4, 0.5) is 0 Å². The minimum atomic E-state index is 0.328. The molecule has 2 fully saturated rings. The molecule has 1 aliphatic carbocycles. The molecule has 0 radical (unpaired) electrons. The van der Waals surface area contributed by atoms with Crippen molar-refractivity contribution in [2.24, 2.45) is 5.92 Å². The van der Waals surface area contributed by atoms with E-state index >= 15 is 0 Å². The zero-order valence-electron chi connectivity index (χ0n) is 13.5. The molecule has 2 aliphatic rings. The lowest BCUT2D eigenvalue weighted by Crippen LogP contribution is -2.65. The van der Waals surface area contributed by atoms with Crippen LogP contribution in [0, 0.1) is 5.92 Å². The first-order valence-corrected chi connectivity index (χ1v) is 8.60. The minimum absolute atomic E-state index is 0.328. The molecule has 0 bridgehead atoms. The molecule has 2 rings (SSSR count). The van der Waals surface area contributed by atoms with Crippen molar-refractivity contribution < 1.29 is 0 Å². The Bertz CT molecular complexity index is 272. The highest BCUT2D eigenvalue weighted by Crippen LogP contribution is 2.33. The van der Waals surface area contributed by atoms with E-state index < -0.39 is 0 Å². The monoisotopic (exact) mass is 266 g/mol. The molecule has 0 spiro atoms. The quantitative estimate of drug-likeness (QED) is 0.832. The van der Waals surface area contributed by atoms with Gasteiger partial charge < -0.3 is 5.32 Å². The molecule has 0 aromatic carbocycles. The Balaban J connectivity index is 2.06. The molecule has 0 aromatic rings. The first-order valence-electron chi connectivity index (χ1n) is 8.60. The summed E-state index contributed by atoms with van der Waals surface area (Å²) in [5.41, 5.74) is 0.328. The molecule has 1 saturated heterocycles. The van der Waals surface area contributed by atoms with E-state index in [0.29, 0.717) is 11.6 Å². The van der Waals surface area contributed by atoms with Gasteiger partial charge in [-0.2, -0.15) is 0 Å². The summed E-state index contributed by atoms with van der Waals surface area (Å²) < 4.78 is 0. The maximum atomic E-state index is 3.77. The molecule has 1 heterocycles. The third kappa shape index (κ3) is 3.52. The Labute approximate surface area is 120 Å². The van der Waals surface area contributed by atoms with Crippen LogP contribution in [-0.2, 0) is 0 Å². The van der Waals surface area contributed by atoms with Crippen molar-refractivity contribution in [2.45, 2.75) is 90.3 Å². The van der Waals surface area contributed by atoms with Gasteiger partial charge in [0.1, 0.15) is 0 Å². The summed E-state index contributed by atoms with van der Waals surface area (Å²) in [6, 6.07) is 1.52. The van der Waals surface area contributed by atoms with Crippen LogP contribution < -0.4 is 5.32 Å². The van der Waals surface area contributed by atoms with Gasteiger partial charge in [0.15, 0.2) is 0 Å². The van der Waals surface area contributed by atoms with Crippen LogP contribution in [-0.4, -0.2) is 35.6 Å². The van der Waals surface area contributed by atoms with Crippen molar-refractivity contribution in [1.29, 1.82) is 0 Å². The van der Waals surface area contributed by atoms with Crippen LogP contribution in [0.2, 0.25) is 0 Å². The van der Waals surface area contributed by atoms with Gasteiger partial charge in [0.05, 0.1) is 0 Å². The number of piperazine rings is 1. The minimum Gasteiger partial charge on any atom is -0.309 e. The summed E-state index contributed by atoms with van der Waals surface area (Å²) in [6.45, 7) is 11.9. The molecule has 112 valence electrons. The number of rotatable bonds is 4. The van der Waals surface area contributed by atoms with Gasteiger partial charge in [0, 0.05) is 30.7 Å². The highest BCUT2D eigenvalue weighted by atomic mass is 15.3. The summed E-state index contributed by atoms with van der Waals surface area (Å²) in [5.74, 6) is 0.959. The maximum Gasteiger partial charge on any atom is 0.0278 e. The van der Waals surface area contributed by atoms with E-state index in [9.17, 15) is 0 Å². The summed E-state index contributed by atoms with van der Waals surface area (Å²) in [4.78, 5) is 2.84. The second-order valence-corrected chi connectivity index (χ2v) is 7.19. The Kier molecular flexibility index (Phi) is 5.30. The Morgan fingerprint density at radius 2 is 1.89 bits per heavy atom. The largest absolute Gasteiger partial charge is 0.309 e. The van der Waals surface area contributed by atoms with Crippen LogP contribution in [0.3, 0.4) is 0 Å². The van der Waals surface area contributed by atoms with Crippen molar-refractivity contribution in [3.8, 4) is 0 Å². The molecule has 2 nitrogen and oxygen atoms in total. The van der Waals surface area contributed by atoms with Crippen molar-refractivity contribution in [1.82, 2.24) is 10.2 Å². The van der Waals surface area contributed by atoms with Gasteiger partial charge in [-0.15, -0.1) is 0 Å². The van der Waals surface area contributed by atoms with Crippen LogP contribution in [0.15, 0.2) is 0 Å². The zero-order chi connectivity index (χ0) is 13.9. The Morgan fingerprint density at radius 3 is 2.47 bits per heavy atom. The van der Waals surface area contributed by atoms with Crippen molar-refractivity contribution >= 4 is 0 Å². The molecular weight excluding hydrogens is 232 g/mol. The lowest BCUT2D eigenvalue weighted by molar-refractivity contribution is 0.0185. The summed E-state index contributed by atoms with van der Waals surface area (Å²) in [5, 5.41) is 3.77. The summed E-state index contributed by atoms with van der Waals surface area (Å²) in [6.07, 6.45) is 9.90. The first kappa shape index (κ1) is 15.3. The third-order valence-corrected chi connectivity index (χ3v) is 5.74. The predicted molar refractivity (Wildman–Crippen MR) is 83.5 cm³/mol. The normalized spacial score (nSPS) is 36.3. The number of hydrogen-bond donors (Lipinski definition) is 1. The number of nitrogens with zero attached hydrogens (tertiary/aromatic N) is 1. The van der Waals surface area contributed by atoms with E-state index in [1.165, 1.54) is 51.5 Å². The zero-order valence-corrected chi connectivity index (χ0v) is 13.5. The molecule has 3 atom stereocenters.